The van der Waals surface area contributed by atoms with Gasteiger partial charge >= 0.3 is 5.97 Å². The third-order valence-electron chi connectivity index (χ3n) is 2.55. The number of aromatic hydroxyl groups is 1. The van der Waals surface area contributed by atoms with Crippen LogP contribution in [-0.4, -0.2) is 24.2 Å². The van der Waals surface area contributed by atoms with Gasteiger partial charge in [0.05, 0.1) is 12.5 Å². The van der Waals surface area contributed by atoms with Gasteiger partial charge in [-0.3, -0.25) is 4.79 Å². The summed E-state index contributed by atoms with van der Waals surface area (Å²) in [6.45, 7) is 2.63. The number of hydrogen-bond donors (Lipinski definition) is 2. The van der Waals surface area contributed by atoms with Crippen LogP contribution in [0.5, 0.6) is 5.75 Å². The van der Waals surface area contributed by atoms with Gasteiger partial charge in [0, 0.05) is 0 Å². The van der Waals surface area contributed by atoms with Crippen molar-refractivity contribution >= 4 is 5.97 Å². The molecule has 1 unspecified atom stereocenters. The molecule has 1 atom stereocenters. The summed E-state index contributed by atoms with van der Waals surface area (Å²) in [6, 6.07) is 6.83. The summed E-state index contributed by atoms with van der Waals surface area (Å²) >= 11 is 0. The van der Waals surface area contributed by atoms with Crippen LogP contribution in [0.4, 0.5) is 0 Å². The van der Waals surface area contributed by atoms with Crippen LogP contribution in [0.2, 0.25) is 0 Å². The summed E-state index contributed by atoms with van der Waals surface area (Å²) < 4.78 is 5.01. The van der Waals surface area contributed by atoms with Gasteiger partial charge in [0.2, 0.25) is 0 Å². The lowest BCUT2D eigenvalue weighted by Gasteiger charge is -2.14. The summed E-state index contributed by atoms with van der Waals surface area (Å²) in [7, 11) is 0. The molecule has 0 aromatic heterocycles. The van der Waals surface area contributed by atoms with Crippen molar-refractivity contribution in [3.63, 3.8) is 0 Å². The van der Waals surface area contributed by atoms with Crippen LogP contribution >= 0.6 is 0 Å². The highest BCUT2D eigenvalue weighted by Crippen LogP contribution is 2.16. The van der Waals surface area contributed by atoms with Crippen LogP contribution in [0.25, 0.3) is 0 Å². The molecule has 1 aromatic rings. The molecule has 0 aliphatic rings. The summed E-state index contributed by atoms with van der Waals surface area (Å²) in [5.41, 5.74) is 6.49. The van der Waals surface area contributed by atoms with E-state index >= 15 is 0 Å². The van der Waals surface area contributed by atoms with E-state index in [1.807, 2.05) is 0 Å². The molecule has 4 nitrogen and oxygen atoms in total. The number of ether oxygens (including phenoxy) is 1. The second-order valence-electron chi connectivity index (χ2n) is 3.90. The second kappa shape index (κ2) is 6.91. The Morgan fingerprint density at radius 1 is 1.41 bits per heavy atom. The van der Waals surface area contributed by atoms with Gasteiger partial charge in [-0.1, -0.05) is 12.1 Å². The molecule has 17 heavy (non-hydrogen) atoms. The molecule has 3 N–H and O–H groups in total. The van der Waals surface area contributed by atoms with Crippen molar-refractivity contribution in [2.75, 3.05) is 13.2 Å². The quantitative estimate of drug-likeness (QED) is 0.735. The standard InChI is InChI=1S/C13H19NO3/c1-2-17-13(16)11(7-8-14)9-10-3-5-12(15)6-4-10/h3-6,11,15H,2,7-9,14H2,1H3. The van der Waals surface area contributed by atoms with Crippen molar-refractivity contribution in [3.05, 3.63) is 29.8 Å². The maximum absolute atomic E-state index is 11.7. The van der Waals surface area contributed by atoms with Crippen molar-refractivity contribution in [1.82, 2.24) is 0 Å². The summed E-state index contributed by atoms with van der Waals surface area (Å²) in [6.07, 6.45) is 1.20. The average molecular weight is 237 g/mol. The molecule has 94 valence electrons. The van der Waals surface area contributed by atoms with Gasteiger partial charge in [0.15, 0.2) is 0 Å². The third kappa shape index (κ3) is 4.44. The number of hydrogen-bond acceptors (Lipinski definition) is 4. The topological polar surface area (TPSA) is 72.5 Å². The van der Waals surface area contributed by atoms with E-state index in [0.29, 0.717) is 26.0 Å². The smallest absolute Gasteiger partial charge is 0.309 e. The first-order chi connectivity index (χ1) is 8.17. The van der Waals surface area contributed by atoms with Gasteiger partial charge in [0.1, 0.15) is 5.75 Å². The highest BCUT2D eigenvalue weighted by Gasteiger charge is 2.19. The molecule has 0 spiro atoms. The Kier molecular flexibility index (Phi) is 5.49. The first-order valence-corrected chi connectivity index (χ1v) is 5.82. The molecule has 0 amide bonds. The van der Waals surface area contributed by atoms with Gasteiger partial charge in [-0.15, -0.1) is 0 Å². The molecule has 1 rings (SSSR count). The molecular formula is C13H19NO3. The number of carbonyl (C=O) groups excluding carboxylic acids is 1. The summed E-state index contributed by atoms with van der Waals surface area (Å²) in [5, 5.41) is 9.18. The number of nitrogens with two attached hydrogens (primary N) is 1. The SMILES string of the molecule is CCOC(=O)C(CCN)Cc1ccc(O)cc1. The molecule has 0 radical (unpaired) electrons. The van der Waals surface area contributed by atoms with Crippen LogP contribution in [0.3, 0.4) is 0 Å². The van der Waals surface area contributed by atoms with Gasteiger partial charge in [-0.25, -0.2) is 0 Å². The minimum absolute atomic E-state index is 0.203. The molecule has 0 bridgehead atoms. The number of esters is 1. The Morgan fingerprint density at radius 2 is 2.06 bits per heavy atom. The van der Waals surface area contributed by atoms with Crippen molar-refractivity contribution < 1.29 is 14.6 Å². The lowest BCUT2D eigenvalue weighted by atomic mass is 9.96. The van der Waals surface area contributed by atoms with Gasteiger partial charge in [-0.2, -0.15) is 0 Å². The Morgan fingerprint density at radius 3 is 2.59 bits per heavy atom. The van der Waals surface area contributed by atoms with E-state index in [1.54, 1.807) is 31.2 Å². The molecular weight excluding hydrogens is 218 g/mol. The minimum Gasteiger partial charge on any atom is -0.508 e. The van der Waals surface area contributed by atoms with E-state index in [-0.39, 0.29) is 17.6 Å². The zero-order valence-electron chi connectivity index (χ0n) is 10.1. The fourth-order valence-electron chi connectivity index (χ4n) is 1.68. The van der Waals surface area contributed by atoms with Crippen molar-refractivity contribution in [1.29, 1.82) is 0 Å². The molecule has 0 saturated heterocycles. The van der Waals surface area contributed by atoms with E-state index in [4.69, 9.17) is 10.5 Å². The van der Waals surface area contributed by atoms with Crippen molar-refractivity contribution in [2.24, 2.45) is 11.7 Å². The van der Waals surface area contributed by atoms with Crippen LogP contribution in [-0.2, 0) is 16.0 Å². The fourth-order valence-corrected chi connectivity index (χ4v) is 1.68. The highest BCUT2D eigenvalue weighted by atomic mass is 16.5. The molecule has 4 heteroatoms. The Labute approximate surface area is 101 Å². The van der Waals surface area contributed by atoms with E-state index in [2.05, 4.69) is 0 Å². The lowest BCUT2D eigenvalue weighted by molar-refractivity contribution is -0.148. The minimum atomic E-state index is -0.204. The normalized spacial score (nSPS) is 12.1. The zero-order chi connectivity index (χ0) is 12.7. The number of rotatable bonds is 6. The largest absolute Gasteiger partial charge is 0.508 e. The van der Waals surface area contributed by atoms with Crippen LogP contribution < -0.4 is 5.73 Å². The van der Waals surface area contributed by atoms with Crippen molar-refractivity contribution in [3.8, 4) is 5.75 Å². The van der Waals surface area contributed by atoms with Crippen LogP contribution in [0.15, 0.2) is 24.3 Å². The van der Waals surface area contributed by atoms with E-state index in [1.165, 1.54) is 0 Å². The molecule has 0 heterocycles. The number of phenols is 1. The monoisotopic (exact) mass is 237 g/mol. The van der Waals surface area contributed by atoms with Gasteiger partial charge < -0.3 is 15.6 Å². The Bertz CT molecular complexity index is 348. The number of benzene rings is 1. The predicted molar refractivity (Wildman–Crippen MR) is 65.6 cm³/mol. The third-order valence-corrected chi connectivity index (χ3v) is 2.55. The second-order valence-corrected chi connectivity index (χ2v) is 3.90. The molecule has 0 saturated carbocycles. The lowest BCUT2D eigenvalue weighted by Crippen LogP contribution is -2.23. The molecule has 0 aliphatic heterocycles. The average Bonchev–Trinajstić information content (AvgIpc) is 2.31. The van der Waals surface area contributed by atoms with E-state index < -0.39 is 0 Å². The first kappa shape index (κ1) is 13.5. The maximum Gasteiger partial charge on any atom is 0.309 e. The zero-order valence-corrected chi connectivity index (χ0v) is 10.1. The first-order valence-electron chi connectivity index (χ1n) is 5.82. The highest BCUT2D eigenvalue weighted by molar-refractivity contribution is 5.72. The predicted octanol–water partition coefficient (Wildman–Crippen LogP) is 1.46. The number of carbonyl (C=O) groups is 1. The van der Waals surface area contributed by atoms with Crippen LogP contribution in [0, 0.1) is 5.92 Å². The molecule has 0 aliphatic carbocycles. The van der Waals surface area contributed by atoms with Gasteiger partial charge in [0.25, 0.3) is 0 Å². The Hall–Kier alpha value is -1.55. The number of phenolic OH excluding ortho intramolecular Hbond substituents is 1. The Balaban J connectivity index is 2.65. The van der Waals surface area contributed by atoms with E-state index in [9.17, 15) is 9.90 Å². The van der Waals surface area contributed by atoms with Crippen LogP contribution in [0.1, 0.15) is 18.9 Å². The maximum atomic E-state index is 11.7. The fraction of sp³-hybridized carbons (Fsp3) is 0.462. The van der Waals surface area contributed by atoms with Crippen molar-refractivity contribution in [2.45, 2.75) is 19.8 Å². The molecule has 1 aromatic carbocycles. The van der Waals surface area contributed by atoms with Gasteiger partial charge in [-0.05, 0) is 44.0 Å². The molecule has 0 fully saturated rings. The summed E-state index contributed by atoms with van der Waals surface area (Å²) in [5.74, 6) is -0.184. The summed E-state index contributed by atoms with van der Waals surface area (Å²) in [4.78, 5) is 11.7. The van der Waals surface area contributed by atoms with E-state index in [0.717, 1.165) is 5.56 Å².